The summed E-state index contributed by atoms with van der Waals surface area (Å²) < 4.78 is 42.7. The number of ketones is 1. The molecule has 0 saturated heterocycles. The highest BCUT2D eigenvalue weighted by molar-refractivity contribution is 6.32. The van der Waals surface area contributed by atoms with E-state index in [0.717, 1.165) is 9.25 Å². The summed E-state index contributed by atoms with van der Waals surface area (Å²) in [4.78, 5) is 29.8. The number of aromatic nitrogens is 6. The highest BCUT2D eigenvalue weighted by Gasteiger charge is 2.39. The zero-order valence-corrected chi connectivity index (χ0v) is 21.7. The number of carbonyl (C=O) groups excluding carboxylic acids is 1. The van der Waals surface area contributed by atoms with Crippen molar-refractivity contribution in [2.24, 2.45) is 0 Å². The first kappa shape index (κ1) is 27.1. The van der Waals surface area contributed by atoms with Gasteiger partial charge in [0.1, 0.15) is 18.2 Å². The fraction of sp³-hybridized carbons (Fsp3) is 0.320. The van der Waals surface area contributed by atoms with Crippen molar-refractivity contribution in [2.45, 2.75) is 50.6 Å². The van der Waals surface area contributed by atoms with E-state index in [1.54, 1.807) is 24.3 Å². The van der Waals surface area contributed by atoms with E-state index in [1.165, 1.54) is 28.9 Å². The summed E-state index contributed by atoms with van der Waals surface area (Å²) in [6, 6.07) is 13.0. The smallest absolute Gasteiger partial charge is 0.382 e. The molecule has 4 aromatic rings. The molecule has 0 aliphatic heterocycles. The van der Waals surface area contributed by atoms with Crippen molar-refractivity contribution in [3.8, 4) is 17.1 Å². The van der Waals surface area contributed by atoms with Gasteiger partial charge in [-0.25, -0.2) is 19.1 Å². The van der Waals surface area contributed by atoms with Crippen LogP contribution in [0.4, 0.5) is 13.2 Å². The van der Waals surface area contributed by atoms with Crippen LogP contribution in [0.2, 0.25) is 10.0 Å². The first-order chi connectivity index (χ1) is 18.5. The van der Waals surface area contributed by atoms with Crippen molar-refractivity contribution in [1.82, 2.24) is 29.1 Å². The Kier molecular flexibility index (Phi) is 7.36. The van der Waals surface area contributed by atoms with Gasteiger partial charge in [-0.1, -0.05) is 35.3 Å². The summed E-state index contributed by atoms with van der Waals surface area (Å²) in [5.41, 5.74) is -0.0421. The van der Waals surface area contributed by atoms with Gasteiger partial charge in [0.2, 0.25) is 0 Å². The Labute approximate surface area is 229 Å². The van der Waals surface area contributed by atoms with Gasteiger partial charge in [-0.15, -0.1) is 10.2 Å². The monoisotopic (exact) mass is 580 g/mol. The average molecular weight is 581 g/mol. The molecule has 0 bridgehead atoms. The fourth-order valence-corrected chi connectivity index (χ4v) is 4.81. The molecule has 2 atom stereocenters. The molecule has 1 aliphatic rings. The standard InChI is InChI=1S/C25H21Cl2F3N6O3/c26-16-8-5-14(6-9-16)23-33-35(24(39)34(23)12-20(38)25(28,29)30)13-21-31-22(15-7-10-17(37)11-15)36(32-21)19-4-2-1-3-18(19)27/h1-6,8-9,15,20,38H,7,10-13H2/t15-,20-/m0/s1. The molecule has 1 aliphatic carbocycles. The normalized spacial score (nSPS) is 16.7. The van der Waals surface area contributed by atoms with Crippen molar-refractivity contribution >= 4 is 29.0 Å². The van der Waals surface area contributed by atoms with Crippen molar-refractivity contribution in [3.63, 3.8) is 0 Å². The van der Waals surface area contributed by atoms with E-state index in [0.29, 0.717) is 40.0 Å². The molecule has 39 heavy (non-hydrogen) atoms. The van der Waals surface area contributed by atoms with Crippen LogP contribution in [0.5, 0.6) is 0 Å². The number of aliphatic hydroxyl groups excluding tert-OH is 1. The van der Waals surface area contributed by atoms with Crippen molar-refractivity contribution in [2.75, 3.05) is 0 Å². The Morgan fingerprint density at radius 2 is 1.77 bits per heavy atom. The molecule has 0 radical (unpaired) electrons. The van der Waals surface area contributed by atoms with E-state index < -0.39 is 24.5 Å². The Morgan fingerprint density at radius 3 is 2.41 bits per heavy atom. The van der Waals surface area contributed by atoms with Gasteiger partial charge in [-0.2, -0.15) is 13.2 Å². The quantitative estimate of drug-likeness (QED) is 0.347. The molecular weight excluding hydrogens is 560 g/mol. The van der Waals surface area contributed by atoms with E-state index in [9.17, 15) is 27.9 Å². The highest BCUT2D eigenvalue weighted by atomic mass is 35.5. The van der Waals surface area contributed by atoms with Crippen LogP contribution in [0.15, 0.2) is 53.3 Å². The molecule has 1 fully saturated rings. The molecule has 0 amide bonds. The summed E-state index contributed by atoms with van der Waals surface area (Å²) in [6.45, 7) is -1.34. The minimum atomic E-state index is -4.94. The molecule has 204 valence electrons. The predicted octanol–water partition coefficient (Wildman–Crippen LogP) is 4.41. The molecule has 2 heterocycles. The molecule has 0 unspecified atom stereocenters. The number of benzene rings is 2. The minimum absolute atomic E-state index is 0.0906. The number of nitrogens with zero attached hydrogens (tertiary/aromatic N) is 6. The summed E-state index contributed by atoms with van der Waals surface area (Å²) in [5.74, 6) is 0.431. The maximum atomic E-state index is 13.2. The van der Waals surface area contributed by atoms with E-state index in [1.807, 2.05) is 0 Å². The van der Waals surface area contributed by atoms with Crippen LogP contribution in [0.3, 0.4) is 0 Å². The van der Waals surface area contributed by atoms with Crippen LogP contribution in [-0.4, -0.2) is 52.3 Å². The third-order valence-electron chi connectivity index (χ3n) is 6.42. The number of Topliss-reactive ketones (excluding diaryl/α,β-unsaturated/α-hetero) is 1. The number of hydrogen-bond acceptors (Lipinski definition) is 6. The largest absolute Gasteiger partial charge is 0.416 e. The summed E-state index contributed by atoms with van der Waals surface area (Å²) in [6.07, 6.45) is -6.46. The average Bonchev–Trinajstić information content (AvgIpc) is 3.58. The first-order valence-electron chi connectivity index (χ1n) is 11.9. The van der Waals surface area contributed by atoms with Crippen LogP contribution in [0.1, 0.15) is 36.8 Å². The molecule has 1 saturated carbocycles. The maximum absolute atomic E-state index is 13.2. The number of carbonyl (C=O) groups is 1. The second-order valence-corrected chi connectivity index (χ2v) is 10.0. The maximum Gasteiger partial charge on any atom is 0.416 e. The second-order valence-electron chi connectivity index (χ2n) is 9.17. The molecule has 2 aromatic heterocycles. The minimum Gasteiger partial charge on any atom is -0.382 e. The summed E-state index contributed by atoms with van der Waals surface area (Å²) in [5, 5.41) is 19.3. The van der Waals surface area contributed by atoms with Crippen LogP contribution < -0.4 is 5.69 Å². The van der Waals surface area contributed by atoms with E-state index >= 15 is 0 Å². The van der Waals surface area contributed by atoms with E-state index in [2.05, 4.69) is 15.2 Å². The number of halogens is 5. The van der Waals surface area contributed by atoms with E-state index in [-0.39, 0.29) is 36.3 Å². The third-order valence-corrected chi connectivity index (χ3v) is 6.99. The van der Waals surface area contributed by atoms with Gasteiger partial charge in [0.15, 0.2) is 17.8 Å². The lowest BCUT2D eigenvalue weighted by Gasteiger charge is -2.15. The lowest BCUT2D eigenvalue weighted by atomic mass is 10.1. The highest BCUT2D eigenvalue weighted by Crippen LogP contribution is 2.33. The molecule has 9 nitrogen and oxygen atoms in total. The molecule has 0 spiro atoms. The van der Waals surface area contributed by atoms with Crippen LogP contribution in [0, 0.1) is 0 Å². The van der Waals surface area contributed by atoms with Gasteiger partial charge in [-0.05, 0) is 42.8 Å². The van der Waals surface area contributed by atoms with Crippen molar-refractivity contribution in [1.29, 1.82) is 0 Å². The zero-order valence-electron chi connectivity index (χ0n) is 20.1. The number of para-hydroxylation sites is 1. The Bertz CT molecular complexity index is 1580. The molecule has 5 rings (SSSR count). The van der Waals surface area contributed by atoms with Gasteiger partial charge in [-0.3, -0.25) is 9.36 Å². The number of alkyl halides is 3. The van der Waals surface area contributed by atoms with Crippen molar-refractivity contribution in [3.05, 3.63) is 80.7 Å². The van der Waals surface area contributed by atoms with Gasteiger partial charge in [0.05, 0.1) is 17.3 Å². The third kappa shape index (κ3) is 5.63. The van der Waals surface area contributed by atoms with Gasteiger partial charge >= 0.3 is 11.9 Å². The van der Waals surface area contributed by atoms with Gasteiger partial charge in [0, 0.05) is 29.3 Å². The lowest BCUT2D eigenvalue weighted by Crippen LogP contribution is -2.37. The summed E-state index contributed by atoms with van der Waals surface area (Å²) >= 11 is 12.3. The molecule has 14 heteroatoms. The number of rotatable bonds is 7. The molecule has 2 aromatic carbocycles. The van der Waals surface area contributed by atoms with Crippen LogP contribution >= 0.6 is 23.2 Å². The van der Waals surface area contributed by atoms with Crippen molar-refractivity contribution < 1.29 is 23.1 Å². The number of aliphatic hydroxyl groups is 1. The Morgan fingerprint density at radius 1 is 1.05 bits per heavy atom. The second kappa shape index (κ2) is 10.6. The summed E-state index contributed by atoms with van der Waals surface area (Å²) in [7, 11) is 0. The molecular formula is C25H21Cl2F3N6O3. The van der Waals surface area contributed by atoms with Crippen LogP contribution in [-0.2, 0) is 17.9 Å². The van der Waals surface area contributed by atoms with Gasteiger partial charge in [0.25, 0.3) is 0 Å². The van der Waals surface area contributed by atoms with E-state index in [4.69, 9.17) is 23.2 Å². The predicted molar refractivity (Wildman–Crippen MR) is 136 cm³/mol. The first-order valence-corrected chi connectivity index (χ1v) is 12.7. The van der Waals surface area contributed by atoms with Crippen LogP contribution in [0.25, 0.3) is 17.1 Å². The Hall–Kier alpha value is -3.48. The zero-order chi connectivity index (χ0) is 27.9. The number of hydrogen-bond donors (Lipinski definition) is 1. The van der Waals surface area contributed by atoms with Gasteiger partial charge < -0.3 is 5.11 Å². The SMILES string of the molecule is O=C1CC[C@H](c2nc(Cn3nc(-c4ccc(Cl)cc4)n(C[C@H](O)C(F)(F)F)c3=O)nn2-c2ccccc2Cl)C1. The lowest BCUT2D eigenvalue weighted by molar-refractivity contribution is -0.207. The fourth-order valence-electron chi connectivity index (χ4n) is 4.47. The molecule has 1 N–H and O–H groups in total. The Balaban J connectivity index is 1.57. The topological polar surface area (TPSA) is 108 Å².